The third-order valence-corrected chi connectivity index (χ3v) is 6.12. The number of likely N-dealkylation sites (N-methyl/N-ethyl adjacent to an activating group) is 1. The summed E-state index contributed by atoms with van der Waals surface area (Å²) in [6.45, 7) is 5.93. The second-order valence-corrected chi connectivity index (χ2v) is 8.05. The fourth-order valence-corrected chi connectivity index (χ4v) is 4.33. The highest BCUT2D eigenvalue weighted by atomic mass is 79.9. The van der Waals surface area contributed by atoms with Crippen molar-refractivity contribution in [3.05, 3.63) is 64.8 Å². The van der Waals surface area contributed by atoms with Crippen molar-refractivity contribution in [2.45, 2.75) is 31.0 Å². The van der Waals surface area contributed by atoms with Crippen molar-refractivity contribution < 1.29 is 4.79 Å². The molecule has 0 atom stereocenters. The molecule has 2 aromatic carbocycles. The van der Waals surface area contributed by atoms with Crippen LogP contribution >= 0.6 is 27.7 Å². The van der Waals surface area contributed by atoms with Gasteiger partial charge in [0.15, 0.2) is 0 Å². The van der Waals surface area contributed by atoms with Gasteiger partial charge < -0.3 is 9.47 Å². The van der Waals surface area contributed by atoms with E-state index in [2.05, 4.69) is 69.2 Å². The minimum atomic E-state index is 0.167. The van der Waals surface area contributed by atoms with Crippen LogP contribution in [0.1, 0.15) is 19.4 Å². The maximum Gasteiger partial charge on any atom is 0.242 e. The van der Waals surface area contributed by atoms with E-state index in [-0.39, 0.29) is 5.91 Å². The monoisotopic (exact) mass is 430 g/mol. The predicted molar refractivity (Wildman–Crippen MR) is 114 cm³/mol. The maximum atomic E-state index is 12.5. The Hall–Kier alpha value is -1.72. The summed E-state index contributed by atoms with van der Waals surface area (Å²) < 4.78 is 3.18. The predicted octanol–water partition coefficient (Wildman–Crippen LogP) is 5.56. The third kappa shape index (κ3) is 4.33. The van der Waals surface area contributed by atoms with E-state index in [1.807, 2.05) is 36.6 Å². The fourth-order valence-electron chi connectivity index (χ4n) is 3.02. The molecule has 0 aliphatic heterocycles. The molecule has 0 saturated carbocycles. The van der Waals surface area contributed by atoms with Gasteiger partial charge in [0, 0.05) is 45.3 Å². The molecule has 0 aliphatic rings. The highest BCUT2D eigenvalue weighted by Gasteiger charge is 2.14. The van der Waals surface area contributed by atoms with Crippen LogP contribution in [0.4, 0.5) is 0 Å². The van der Waals surface area contributed by atoms with Gasteiger partial charge in [0.05, 0.1) is 0 Å². The van der Waals surface area contributed by atoms with Crippen LogP contribution in [0.3, 0.4) is 0 Å². The van der Waals surface area contributed by atoms with Gasteiger partial charge in [0.2, 0.25) is 5.91 Å². The largest absolute Gasteiger partial charge is 0.342 e. The molecule has 3 rings (SSSR count). The molecule has 1 heterocycles. The van der Waals surface area contributed by atoms with E-state index in [4.69, 9.17) is 0 Å². The Bertz CT molecular complexity index is 885. The zero-order valence-electron chi connectivity index (χ0n) is 15.1. The van der Waals surface area contributed by atoms with Crippen molar-refractivity contribution in [1.29, 1.82) is 0 Å². The Morgan fingerprint density at radius 2 is 1.77 bits per heavy atom. The third-order valence-electron chi connectivity index (χ3n) is 4.48. The number of carbonyl (C=O) groups is 1. The number of fused-ring (bicyclic) bond motifs is 1. The Labute approximate surface area is 167 Å². The highest BCUT2D eigenvalue weighted by Crippen LogP contribution is 2.32. The Morgan fingerprint density at radius 1 is 1.08 bits per heavy atom. The molecule has 3 nitrogen and oxygen atoms in total. The van der Waals surface area contributed by atoms with Crippen LogP contribution in [0.15, 0.2) is 64.1 Å². The van der Waals surface area contributed by atoms with Gasteiger partial charge in [-0.05, 0) is 37.6 Å². The number of aromatic nitrogens is 1. The Morgan fingerprint density at radius 3 is 2.46 bits per heavy atom. The summed E-state index contributed by atoms with van der Waals surface area (Å²) >= 11 is 5.29. The lowest BCUT2D eigenvalue weighted by Crippen LogP contribution is -2.33. The lowest BCUT2D eigenvalue weighted by Gasteiger charge is -2.19. The molecular formula is C21H23BrN2OS. The average molecular weight is 431 g/mol. The summed E-state index contributed by atoms with van der Waals surface area (Å²) in [6.07, 6.45) is 2.12. The number of hydrogen-bond donors (Lipinski definition) is 0. The molecule has 136 valence electrons. The SMILES string of the molecule is CCN(CC)C(=O)Cn1cc(SCc2ccc(Br)cc2)c2ccccc21. The highest BCUT2D eigenvalue weighted by molar-refractivity contribution is 9.10. The van der Waals surface area contributed by atoms with Gasteiger partial charge in [0.1, 0.15) is 6.54 Å². The second kappa shape index (κ2) is 8.78. The number of halogens is 1. The van der Waals surface area contributed by atoms with Crippen LogP contribution in [0.25, 0.3) is 10.9 Å². The van der Waals surface area contributed by atoms with Crippen molar-refractivity contribution >= 4 is 44.5 Å². The Kier molecular flexibility index (Phi) is 6.43. The van der Waals surface area contributed by atoms with E-state index in [1.165, 1.54) is 15.8 Å². The second-order valence-electron chi connectivity index (χ2n) is 6.12. The van der Waals surface area contributed by atoms with E-state index in [0.717, 1.165) is 28.8 Å². The topological polar surface area (TPSA) is 25.2 Å². The summed E-state index contributed by atoms with van der Waals surface area (Å²) in [5.41, 5.74) is 2.40. The van der Waals surface area contributed by atoms with Crippen LogP contribution in [0.2, 0.25) is 0 Å². The number of para-hydroxylation sites is 1. The van der Waals surface area contributed by atoms with E-state index in [1.54, 1.807) is 0 Å². The Balaban J connectivity index is 1.82. The van der Waals surface area contributed by atoms with Crippen LogP contribution in [0.5, 0.6) is 0 Å². The molecule has 0 saturated heterocycles. The standard InChI is InChI=1S/C21H23BrN2OS/c1-3-23(4-2)21(25)14-24-13-20(18-7-5-6-8-19(18)24)26-15-16-9-11-17(22)12-10-16/h5-13H,3-4,14-15H2,1-2H3. The van der Waals surface area contributed by atoms with Crippen molar-refractivity contribution in [2.75, 3.05) is 13.1 Å². The number of rotatable bonds is 7. The number of thioether (sulfide) groups is 1. The molecule has 0 aliphatic carbocycles. The van der Waals surface area contributed by atoms with E-state index in [9.17, 15) is 4.79 Å². The minimum absolute atomic E-state index is 0.167. The molecule has 26 heavy (non-hydrogen) atoms. The first kappa shape index (κ1) is 19.1. The lowest BCUT2D eigenvalue weighted by atomic mass is 10.2. The van der Waals surface area contributed by atoms with Gasteiger partial charge in [-0.1, -0.05) is 46.3 Å². The van der Waals surface area contributed by atoms with Gasteiger partial charge in [-0.25, -0.2) is 0 Å². The van der Waals surface area contributed by atoms with Crippen LogP contribution in [-0.4, -0.2) is 28.5 Å². The molecule has 5 heteroatoms. The maximum absolute atomic E-state index is 12.5. The van der Waals surface area contributed by atoms with Gasteiger partial charge in [-0.2, -0.15) is 0 Å². The molecule has 0 unspecified atom stereocenters. The fraction of sp³-hybridized carbons (Fsp3) is 0.286. The molecule has 0 radical (unpaired) electrons. The average Bonchev–Trinajstić information content (AvgIpc) is 3.00. The summed E-state index contributed by atoms with van der Waals surface area (Å²) in [5.74, 6) is 1.07. The van der Waals surface area contributed by atoms with Crippen LogP contribution in [-0.2, 0) is 17.1 Å². The first-order valence-corrected chi connectivity index (χ1v) is 10.6. The molecular weight excluding hydrogens is 408 g/mol. The van der Waals surface area contributed by atoms with Crippen molar-refractivity contribution in [2.24, 2.45) is 0 Å². The van der Waals surface area contributed by atoms with Gasteiger partial charge in [0.25, 0.3) is 0 Å². The zero-order chi connectivity index (χ0) is 18.5. The van der Waals surface area contributed by atoms with E-state index >= 15 is 0 Å². The summed E-state index contributed by atoms with van der Waals surface area (Å²) in [5, 5.41) is 1.21. The van der Waals surface area contributed by atoms with Crippen LogP contribution in [0, 0.1) is 0 Å². The molecule has 0 fully saturated rings. The van der Waals surface area contributed by atoms with Crippen molar-refractivity contribution in [1.82, 2.24) is 9.47 Å². The number of benzene rings is 2. The number of carbonyl (C=O) groups excluding carboxylic acids is 1. The first-order valence-electron chi connectivity index (χ1n) is 8.85. The van der Waals surface area contributed by atoms with Gasteiger partial charge in [-0.15, -0.1) is 11.8 Å². The quantitative estimate of drug-likeness (QED) is 0.458. The molecule has 1 aromatic heterocycles. The molecule has 3 aromatic rings. The number of amides is 1. The first-order chi connectivity index (χ1) is 12.6. The number of nitrogens with zero attached hydrogens (tertiary/aromatic N) is 2. The summed E-state index contributed by atoms with van der Waals surface area (Å²) in [6, 6.07) is 16.7. The molecule has 0 spiro atoms. The molecule has 1 amide bonds. The molecule has 0 bridgehead atoms. The van der Waals surface area contributed by atoms with Gasteiger partial charge in [-0.3, -0.25) is 4.79 Å². The van der Waals surface area contributed by atoms with E-state index in [0.29, 0.717) is 6.54 Å². The summed E-state index contributed by atoms with van der Waals surface area (Å²) in [7, 11) is 0. The lowest BCUT2D eigenvalue weighted by molar-refractivity contribution is -0.131. The van der Waals surface area contributed by atoms with Crippen molar-refractivity contribution in [3.63, 3.8) is 0 Å². The van der Waals surface area contributed by atoms with Gasteiger partial charge >= 0.3 is 0 Å². The van der Waals surface area contributed by atoms with E-state index < -0.39 is 0 Å². The minimum Gasteiger partial charge on any atom is -0.342 e. The normalized spacial score (nSPS) is 11.0. The number of hydrogen-bond acceptors (Lipinski definition) is 2. The van der Waals surface area contributed by atoms with Crippen molar-refractivity contribution in [3.8, 4) is 0 Å². The smallest absolute Gasteiger partial charge is 0.242 e. The zero-order valence-corrected chi connectivity index (χ0v) is 17.5. The van der Waals surface area contributed by atoms with Crippen LogP contribution < -0.4 is 0 Å². The molecule has 0 N–H and O–H groups in total. The summed E-state index contributed by atoms with van der Waals surface area (Å²) in [4.78, 5) is 15.6.